The van der Waals surface area contributed by atoms with Crippen LogP contribution >= 0.6 is 0 Å². The Morgan fingerprint density at radius 1 is 0.683 bits per heavy atom. The molecule has 4 saturated carbocycles. The summed E-state index contributed by atoms with van der Waals surface area (Å²) in [6, 6.07) is 0. The molecule has 7 fully saturated rings. The second-order valence-electron chi connectivity index (χ2n) is 21.4. The molecule has 3 aliphatic heterocycles. The van der Waals surface area contributed by atoms with Crippen molar-refractivity contribution in [2.75, 3.05) is 19.8 Å². The van der Waals surface area contributed by atoms with Crippen LogP contribution in [0.4, 0.5) is 0 Å². The van der Waals surface area contributed by atoms with E-state index in [4.69, 9.17) is 28.4 Å². The summed E-state index contributed by atoms with van der Waals surface area (Å²) in [6.45, 7) is 11.6. The van der Waals surface area contributed by atoms with Crippen molar-refractivity contribution in [1.82, 2.24) is 0 Å². The Morgan fingerprint density at radius 3 is 1.92 bits per heavy atom. The lowest BCUT2D eigenvalue weighted by Gasteiger charge is -2.69. The summed E-state index contributed by atoms with van der Waals surface area (Å²) < 4.78 is 36.7. The molecule has 0 aromatic carbocycles. The van der Waals surface area contributed by atoms with E-state index >= 15 is 0 Å². The summed E-state index contributed by atoms with van der Waals surface area (Å²) >= 11 is 0. The van der Waals surface area contributed by atoms with Gasteiger partial charge in [0, 0.05) is 5.41 Å². The Balaban J connectivity index is 1.10. The maximum Gasteiger partial charge on any atom is 0.187 e. The number of aliphatic hydroxyl groups is 10. The molecule has 17 nitrogen and oxygen atoms in total. The second kappa shape index (κ2) is 19.0. The SMILES string of the molecule is CC(C)=CCC[C@H](O[C@@H]1O[C@H](CO)[C@@H](O)[C@H](O)[C@H]1O)C1CCC2(C)C1CCC1C3(C=O)CCC(O[C@@H]4OC[C@H](O)[C@H](O)[C@H]4O[C@@H]4O[C@H](CO)[C@@H](O)[C@H](O)[C@H]4O)C(C)(C)C3CCC12C. The van der Waals surface area contributed by atoms with Crippen LogP contribution in [0, 0.1) is 45.3 Å². The molecule has 8 unspecified atom stereocenters. The smallest absolute Gasteiger partial charge is 0.187 e. The molecule has 0 spiro atoms. The van der Waals surface area contributed by atoms with Gasteiger partial charge < -0.3 is 84.3 Å². The summed E-state index contributed by atoms with van der Waals surface area (Å²) in [6.07, 6.45) is -10.2. The van der Waals surface area contributed by atoms with E-state index in [0.29, 0.717) is 19.3 Å². The Bertz CT molecular complexity index is 1590. The fourth-order valence-electron chi connectivity index (χ4n) is 14.0. The lowest BCUT2D eigenvalue weighted by Crippen LogP contribution is -2.66. The normalized spacial score (nSPS) is 51.3. The monoisotopic (exact) mass is 901 g/mol. The third-order valence-electron chi connectivity index (χ3n) is 17.7. The zero-order chi connectivity index (χ0) is 46.0. The quantitative estimate of drug-likeness (QED) is 0.0682. The van der Waals surface area contributed by atoms with Gasteiger partial charge in [0.1, 0.15) is 73.4 Å². The molecule has 0 aromatic rings. The van der Waals surface area contributed by atoms with Gasteiger partial charge in [-0.15, -0.1) is 0 Å². The first kappa shape index (κ1) is 49.7. The maximum atomic E-state index is 13.9. The van der Waals surface area contributed by atoms with Gasteiger partial charge in [0.15, 0.2) is 18.9 Å². The predicted molar refractivity (Wildman–Crippen MR) is 222 cm³/mol. The number of hydrogen-bond donors (Lipinski definition) is 10. The maximum absolute atomic E-state index is 13.9. The predicted octanol–water partition coefficient (Wildman–Crippen LogP) is 0.430. The fourth-order valence-corrected chi connectivity index (χ4v) is 14.0. The first-order valence-corrected chi connectivity index (χ1v) is 23.4. The van der Waals surface area contributed by atoms with Crippen LogP contribution in [-0.2, 0) is 33.2 Å². The van der Waals surface area contributed by atoms with Crippen LogP contribution < -0.4 is 0 Å². The molecular formula is C46H76O17. The van der Waals surface area contributed by atoms with E-state index < -0.39 is 116 Å². The van der Waals surface area contributed by atoms with E-state index in [1.807, 2.05) is 13.8 Å². The Kier molecular flexibility index (Phi) is 15.0. The highest BCUT2D eigenvalue weighted by Gasteiger charge is 2.71. The van der Waals surface area contributed by atoms with Crippen molar-refractivity contribution in [3.63, 3.8) is 0 Å². The van der Waals surface area contributed by atoms with Crippen molar-refractivity contribution in [3.8, 4) is 0 Å². The minimum absolute atomic E-state index is 0.0714. The molecule has 63 heavy (non-hydrogen) atoms. The summed E-state index contributed by atoms with van der Waals surface area (Å²) in [5, 5.41) is 105. The number of allylic oxidation sites excluding steroid dienone is 2. The second-order valence-corrected chi connectivity index (χ2v) is 21.4. The lowest BCUT2D eigenvalue weighted by molar-refractivity contribution is -0.367. The van der Waals surface area contributed by atoms with Crippen LogP contribution in [0.15, 0.2) is 11.6 Å². The summed E-state index contributed by atoms with van der Waals surface area (Å²) in [7, 11) is 0. The highest BCUT2D eigenvalue weighted by molar-refractivity contribution is 5.62. The van der Waals surface area contributed by atoms with Crippen molar-refractivity contribution in [1.29, 1.82) is 0 Å². The molecule has 0 aromatic heterocycles. The molecule has 17 heteroatoms. The van der Waals surface area contributed by atoms with Gasteiger partial charge in [0.05, 0.1) is 32.0 Å². The molecule has 3 saturated heterocycles. The first-order chi connectivity index (χ1) is 29.7. The minimum atomic E-state index is -1.75. The summed E-state index contributed by atoms with van der Waals surface area (Å²) in [5.74, 6) is 0.326. The average Bonchev–Trinajstić information content (AvgIpc) is 3.61. The number of aldehydes is 1. The standard InChI is InChI=1S/C46H76O17/c1-22(2)8-7-9-26(59-40-37(56)35(54)33(52)27(18-47)60-40)23-12-15-44(5)24(23)10-11-30-45(44,6)16-13-29-43(3,4)31(14-17-46(29,30)21-49)62-42-39(32(51)25(50)20-58-42)63-41-38(57)36(55)34(53)28(19-48)61-41/h8,21,23-42,47-48,50-57H,7,9-20H2,1-6H3/t23?,24?,25-,26-,27+,28+,29?,30?,31?,32-,33+,34+,35-,36-,37+,38+,39+,40+,41-,42-,44?,45?,46?/m0/s1. The van der Waals surface area contributed by atoms with Crippen LogP contribution in [0.25, 0.3) is 0 Å². The third-order valence-corrected chi connectivity index (χ3v) is 17.7. The number of ether oxygens (including phenoxy) is 6. The zero-order valence-corrected chi connectivity index (χ0v) is 37.7. The van der Waals surface area contributed by atoms with E-state index in [-0.39, 0.29) is 47.2 Å². The van der Waals surface area contributed by atoms with Gasteiger partial charge in [-0.1, -0.05) is 39.3 Å². The molecule has 7 rings (SSSR count). The molecule has 7 aliphatic rings. The van der Waals surface area contributed by atoms with Crippen LogP contribution in [0.3, 0.4) is 0 Å². The molecule has 0 radical (unpaired) electrons. The average molecular weight is 901 g/mol. The molecule has 3 heterocycles. The van der Waals surface area contributed by atoms with Crippen LogP contribution in [0.5, 0.6) is 0 Å². The number of rotatable bonds is 13. The lowest BCUT2D eigenvalue weighted by atomic mass is 9.35. The molecule has 362 valence electrons. The van der Waals surface area contributed by atoms with E-state index in [1.54, 1.807) is 0 Å². The summed E-state index contributed by atoms with van der Waals surface area (Å²) in [5.41, 5.74) is -0.434. The van der Waals surface area contributed by atoms with Crippen LogP contribution in [-0.4, -0.2) is 175 Å². The van der Waals surface area contributed by atoms with Gasteiger partial charge in [-0.25, -0.2) is 0 Å². The summed E-state index contributed by atoms with van der Waals surface area (Å²) in [4.78, 5) is 13.9. The van der Waals surface area contributed by atoms with E-state index in [9.17, 15) is 55.9 Å². The largest absolute Gasteiger partial charge is 0.394 e. The van der Waals surface area contributed by atoms with Gasteiger partial charge in [0.2, 0.25) is 0 Å². The molecule has 0 amide bonds. The Labute approximate surface area is 370 Å². The van der Waals surface area contributed by atoms with Gasteiger partial charge in [-0.05, 0) is 118 Å². The fraction of sp³-hybridized carbons (Fsp3) is 0.935. The highest BCUT2D eigenvalue weighted by Crippen LogP contribution is 2.75. The Morgan fingerprint density at radius 2 is 1.30 bits per heavy atom. The third kappa shape index (κ3) is 8.54. The number of aliphatic hydroxyl groups excluding tert-OH is 10. The number of fused-ring (bicyclic) bond motifs is 5. The number of hydrogen-bond acceptors (Lipinski definition) is 17. The minimum Gasteiger partial charge on any atom is -0.394 e. The van der Waals surface area contributed by atoms with E-state index in [0.717, 1.165) is 44.9 Å². The topological polar surface area (TPSA) is 275 Å². The van der Waals surface area contributed by atoms with Crippen molar-refractivity contribution in [3.05, 3.63) is 11.6 Å². The van der Waals surface area contributed by atoms with Crippen molar-refractivity contribution in [2.45, 2.75) is 204 Å². The molecule has 10 N–H and O–H groups in total. The van der Waals surface area contributed by atoms with Crippen molar-refractivity contribution >= 4 is 6.29 Å². The van der Waals surface area contributed by atoms with Crippen LogP contribution in [0.2, 0.25) is 0 Å². The number of carbonyl (C=O) groups excluding carboxylic acids is 1. The zero-order valence-electron chi connectivity index (χ0n) is 37.7. The van der Waals surface area contributed by atoms with E-state index in [2.05, 4.69) is 33.8 Å². The molecule has 23 atom stereocenters. The van der Waals surface area contributed by atoms with Gasteiger partial charge in [0.25, 0.3) is 0 Å². The van der Waals surface area contributed by atoms with Gasteiger partial charge in [-0.2, -0.15) is 0 Å². The van der Waals surface area contributed by atoms with Crippen molar-refractivity contribution < 1.29 is 84.3 Å². The van der Waals surface area contributed by atoms with Crippen LogP contribution in [0.1, 0.15) is 106 Å². The molecule has 0 bridgehead atoms. The van der Waals surface area contributed by atoms with Crippen molar-refractivity contribution in [2.24, 2.45) is 45.3 Å². The molecular weight excluding hydrogens is 824 g/mol. The van der Waals surface area contributed by atoms with E-state index in [1.165, 1.54) is 11.9 Å². The first-order valence-electron chi connectivity index (χ1n) is 23.4. The molecule has 4 aliphatic carbocycles. The number of carbonyl (C=O) groups is 1. The van der Waals surface area contributed by atoms with Gasteiger partial charge in [-0.3, -0.25) is 0 Å². The van der Waals surface area contributed by atoms with Gasteiger partial charge >= 0.3 is 0 Å². The Hall–Kier alpha value is -1.23. The highest BCUT2D eigenvalue weighted by atomic mass is 16.8.